The van der Waals surface area contributed by atoms with Crippen LogP contribution in [-0.2, 0) is 4.79 Å². The van der Waals surface area contributed by atoms with Gasteiger partial charge in [-0.15, -0.1) is 0 Å². The van der Waals surface area contributed by atoms with Crippen LogP contribution in [0.25, 0.3) is 0 Å². The number of nitrogens with zero attached hydrogens (tertiary/aromatic N) is 2. The zero-order valence-corrected chi connectivity index (χ0v) is 11.7. The number of nitrogens with one attached hydrogen (secondary N) is 3. The van der Waals surface area contributed by atoms with E-state index in [9.17, 15) is 4.79 Å². The third-order valence-corrected chi connectivity index (χ3v) is 2.41. The Balaban J connectivity index is 2.71. The van der Waals surface area contributed by atoms with Crippen LogP contribution >= 0.6 is 0 Å². The van der Waals surface area contributed by atoms with E-state index in [1.807, 2.05) is 6.92 Å². The van der Waals surface area contributed by atoms with E-state index in [4.69, 9.17) is 5.73 Å². The van der Waals surface area contributed by atoms with Gasteiger partial charge < -0.3 is 21.7 Å². The van der Waals surface area contributed by atoms with Gasteiger partial charge >= 0.3 is 0 Å². The minimum atomic E-state index is -0.381. The van der Waals surface area contributed by atoms with Gasteiger partial charge in [0.25, 0.3) is 0 Å². The molecular formula is C12H22N6O. The normalized spacial score (nSPS) is 11.7. The van der Waals surface area contributed by atoms with E-state index in [0.717, 1.165) is 13.0 Å². The number of nitrogen functional groups attached to an aromatic ring is 1. The Hall–Kier alpha value is -2.05. The van der Waals surface area contributed by atoms with Crippen LogP contribution in [-0.4, -0.2) is 35.0 Å². The average molecular weight is 266 g/mol. The van der Waals surface area contributed by atoms with Gasteiger partial charge in [-0.2, -0.15) is 9.97 Å². The van der Waals surface area contributed by atoms with Gasteiger partial charge in [0.05, 0.1) is 0 Å². The molecule has 19 heavy (non-hydrogen) atoms. The fourth-order valence-corrected chi connectivity index (χ4v) is 1.50. The lowest BCUT2D eigenvalue weighted by Gasteiger charge is -2.15. The summed E-state index contributed by atoms with van der Waals surface area (Å²) in [4.78, 5) is 19.8. The topological polar surface area (TPSA) is 105 Å². The summed E-state index contributed by atoms with van der Waals surface area (Å²) in [6.45, 7) is 7.11. The lowest BCUT2D eigenvalue weighted by atomic mass is 10.3. The average Bonchev–Trinajstić information content (AvgIpc) is 2.36. The molecule has 0 fully saturated rings. The Morgan fingerprint density at radius 1 is 1.37 bits per heavy atom. The van der Waals surface area contributed by atoms with E-state index in [-0.39, 0.29) is 17.9 Å². The number of nitrogens with two attached hydrogens (primary N) is 1. The quantitative estimate of drug-likeness (QED) is 0.582. The molecule has 1 aromatic rings. The smallest absolute Gasteiger partial charge is 0.242 e. The summed E-state index contributed by atoms with van der Waals surface area (Å²) >= 11 is 0. The molecule has 1 unspecified atom stereocenters. The number of hydrogen-bond acceptors (Lipinski definition) is 6. The predicted molar refractivity (Wildman–Crippen MR) is 77.0 cm³/mol. The minimum absolute atomic E-state index is 0.0808. The largest absolute Gasteiger partial charge is 0.370 e. The molecule has 0 spiro atoms. The van der Waals surface area contributed by atoms with Gasteiger partial charge in [-0.1, -0.05) is 6.92 Å². The van der Waals surface area contributed by atoms with Crippen LogP contribution in [0.15, 0.2) is 6.07 Å². The van der Waals surface area contributed by atoms with Crippen molar-refractivity contribution in [1.82, 2.24) is 15.3 Å². The zero-order chi connectivity index (χ0) is 14.3. The predicted octanol–water partition coefficient (Wildman–Crippen LogP) is 0.817. The van der Waals surface area contributed by atoms with Crippen LogP contribution in [0.1, 0.15) is 27.2 Å². The van der Waals surface area contributed by atoms with E-state index >= 15 is 0 Å². The highest BCUT2D eigenvalue weighted by Crippen LogP contribution is 2.13. The molecule has 7 heteroatoms. The molecule has 1 amide bonds. The molecule has 1 aromatic heterocycles. The molecule has 1 atom stereocenters. The molecule has 0 radical (unpaired) electrons. The van der Waals surface area contributed by atoms with Crippen molar-refractivity contribution in [3.63, 3.8) is 0 Å². The van der Waals surface area contributed by atoms with Crippen molar-refractivity contribution in [2.45, 2.75) is 33.2 Å². The van der Waals surface area contributed by atoms with Crippen LogP contribution in [0.3, 0.4) is 0 Å². The molecule has 0 aliphatic carbocycles. The Labute approximate surface area is 113 Å². The Kier molecular flexibility index (Phi) is 5.84. The molecule has 0 aromatic carbocycles. The zero-order valence-electron chi connectivity index (χ0n) is 11.7. The number of likely N-dealkylation sites (N-methyl/N-ethyl adjacent to an activating group) is 1. The fraction of sp³-hybridized carbons (Fsp3) is 0.583. The van der Waals surface area contributed by atoms with Crippen LogP contribution in [0, 0.1) is 0 Å². The van der Waals surface area contributed by atoms with E-state index in [1.165, 1.54) is 0 Å². The molecule has 7 nitrogen and oxygen atoms in total. The lowest BCUT2D eigenvalue weighted by molar-refractivity contribution is -0.121. The standard InChI is InChI=1S/C12H22N6O/c1-4-6-15-9-7-10(18-12(13)17-9)16-8(3)11(19)14-5-2/h7-8H,4-6H2,1-3H3,(H,14,19)(H4,13,15,16,17,18). The SMILES string of the molecule is CCCNc1cc(NC(C)C(=O)NCC)nc(N)n1. The number of carbonyl (C=O) groups excluding carboxylic acids is 1. The summed E-state index contributed by atoms with van der Waals surface area (Å²) < 4.78 is 0. The van der Waals surface area contributed by atoms with Crippen LogP contribution in [0.4, 0.5) is 17.6 Å². The lowest BCUT2D eigenvalue weighted by Crippen LogP contribution is -2.37. The van der Waals surface area contributed by atoms with Crippen molar-refractivity contribution in [3.8, 4) is 0 Å². The maximum absolute atomic E-state index is 11.6. The highest BCUT2D eigenvalue weighted by atomic mass is 16.2. The molecule has 1 heterocycles. The Morgan fingerprint density at radius 2 is 2.05 bits per heavy atom. The molecular weight excluding hydrogens is 244 g/mol. The molecule has 106 valence electrons. The minimum Gasteiger partial charge on any atom is -0.370 e. The Morgan fingerprint density at radius 3 is 2.68 bits per heavy atom. The van der Waals surface area contributed by atoms with E-state index in [0.29, 0.717) is 18.2 Å². The van der Waals surface area contributed by atoms with Gasteiger partial charge in [0.15, 0.2) is 0 Å². The number of hydrogen-bond donors (Lipinski definition) is 4. The van der Waals surface area contributed by atoms with Crippen LogP contribution in [0.2, 0.25) is 0 Å². The number of aromatic nitrogens is 2. The van der Waals surface area contributed by atoms with Gasteiger partial charge in [-0.3, -0.25) is 4.79 Å². The van der Waals surface area contributed by atoms with Crippen molar-refractivity contribution in [1.29, 1.82) is 0 Å². The molecule has 0 saturated heterocycles. The number of rotatable bonds is 7. The first-order chi connectivity index (χ1) is 9.06. The summed E-state index contributed by atoms with van der Waals surface area (Å²) in [6, 6.07) is 1.36. The monoisotopic (exact) mass is 266 g/mol. The molecule has 0 aliphatic rings. The Bertz CT molecular complexity index is 423. The molecule has 0 bridgehead atoms. The van der Waals surface area contributed by atoms with Gasteiger partial charge in [0, 0.05) is 19.2 Å². The first-order valence-corrected chi connectivity index (χ1v) is 6.49. The summed E-state index contributed by atoms with van der Waals surface area (Å²) in [7, 11) is 0. The maximum atomic E-state index is 11.6. The highest BCUT2D eigenvalue weighted by molar-refractivity contribution is 5.83. The fourth-order valence-electron chi connectivity index (χ4n) is 1.50. The van der Waals surface area contributed by atoms with Crippen molar-refractivity contribution in [3.05, 3.63) is 6.07 Å². The molecule has 0 saturated carbocycles. The number of carbonyl (C=O) groups is 1. The second-order valence-electron chi connectivity index (χ2n) is 4.18. The number of amides is 1. The van der Waals surface area contributed by atoms with Crippen molar-refractivity contribution in [2.24, 2.45) is 0 Å². The van der Waals surface area contributed by atoms with Gasteiger partial charge in [0.2, 0.25) is 11.9 Å². The molecule has 1 rings (SSSR count). The van der Waals surface area contributed by atoms with Gasteiger partial charge in [-0.05, 0) is 20.3 Å². The van der Waals surface area contributed by atoms with Crippen LogP contribution < -0.4 is 21.7 Å². The van der Waals surface area contributed by atoms with E-state index < -0.39 is 0 Å². The van der Waals surface area contributed by atoms with E-state index in [2.05, 4.69) is 32.8 Å². The molecule has 0 aliphatic heterocycles. The second kappa shape index (κ2) is 7.40. The van der Waals surface area contributed by atoms with Gasteiger partial charge in [0.1, 0.15) is 17.7 Å². The third-order valence-electron chi connectivity index (χ3n) is 2.41. The summed E-state index contributed by atoms with van der Waals surface area (Å²) in [5.41, 5.74) is 5.64. The number of anilines is 3. The van der Waals surface area contributed by atoms with E-state index in [1.54, 1.807) is 13.0 Å². The maximum Gasteiger partial charge on any atom is 0.242 e. The van der Waals surface area contributed by atoms with Crippen LogP contribution in [0.5, 0.6) is 0 Å². The highest BCUT2D eigenvalue weighted by Gasteiger charge is 2.12. The summed E-state index contributed by atoms with van der Waals surface area (Å²) in [5.74, 6) is 1.28. The first kappa shape index (κ1) is 15.0. The van der Waals surface area contributed by atoms with Gasteiger partial charge in [-0.25, -0.2) is 0 Å². The summed E-state index contributed by atoms with van der Waals surface area (Å²) in [6.07, 6.45) is 0.988. The molecule has 5 N–H and O–H groups in total. The summed E-state index contributed by atoms with van der Waals surface area (Å²) in [5, 5.41) is 8.87. The van der Waals surface area contributed by atoms with Crippen molar-refractivity contribution < 1.29 is 4.79 Å². The second-order valence-corrected chi connectivity index (χ2v) is 4.18. The first-order valence-electron chi connectivity index (χ1n) is 6.49. The third kappa shape index (κ3) is 4.99. The van der Waals surface area contributed by atoms with Crippen molar-refractivity contribution >= 4 is 23.5 Å². The van der Waals surface area contributed by atoms with Crippen molar-refractivity contribution in [2.75, 3.05) is 29.5 Å².